The number of carbonyl (C=O) groups excluding carboxylic acids is 1. The topological polar surface area (TPSA) is 44.8 Å². The van der Waals surface area contributed by atoms with Gasteiger partial charge in [0.05, 0.1) is 19.8 Å². The van der Waals surface area contributed by atoms with Gasteiger partial charge in [0.1, 0.15) is 0 Å². The molecule has 0 amide bonds. The summed E-state index contributed by atoms with van der Waals surface area (Å²) in [6.45, 7) is 5.17. The van der Waals surface area contributed by atoms with Crippen LogP contribution in [0.1, 0.15) is 33.1 Å². The molecule has 1 rings (SSSR count). The van der Waals surface area contributed by atoms with Crippen molar-refractivity contribution in [3.05, 3.63) is 12.2 Å². The van der Waals surface area contributed by atoms with E-state index in [2.05, 4.69) is 6.08 Å². The highest BCUT2D eigenvalue weighted by molar-refractivity contribution is 5.65. The second kappa shape index (κ2) is 6.66. The molecule has 16 heavy (non-hydrogen) atoms. The zero-order valence-electron chi connectivity index (χ0n) is 10.0. The number of allylic oxidation sites excluding steroid dienone is 1. The van der Waals surface area contributed by atoms with E-state index >= 15 is 0 Å². The minimum atomic E-state index is -0.532. The van der Waals surface area contributed by atoms with E-state index in [0.717, 1.165) is 19.3 Å². The van der Waals surface area contributed by atoms with Crippen LogP contribution in [-0.4, -0.2) is 31.6 Å². The van der Waals surface area contributed by atoms with Crippen LogP contribution in [0.15, 0.2) is 12.2 Å². The van der Waals surface area contributed by atoms with Crippen LogP contribution in [0.3, 0.4) is 0 Å². The molecule has 0 bridgehead atoms. The smallest absolute Gasteiger partial charge is 0.302 e. The van der Waals surface area contributed by atoms with Crippen LogP contribution in [-0.2, 0) is 19.0 Å². The van der Waals surface area contributed by atoms with Gasteiger partial charge in [-0.2, -0.15) is 0 Å². The number of hydrogen-bond acceptors (Lipinski definition) is 4. The Morgan fingerprint density at radius 1 is 1.38 bits per heavy atom. The van der Waals surface area contributed by atoms with Gasteiger partial charge >= 0.3 is 5.97 Å². The lowest BCUT2D eigenvalue weighted by molar-refractivity contribution is -0.141. The maximum atomic E-state index is 10.5. The van der Waals surface area contributed by atoms with E-state index in [4.69, 9.17) is 14.2 Å². The van der Waals surface area contributed by atoms with E-state index in [1.807, 2.05) is 13.0 Å². The third-order valence-corrected chi connectivity index (χ3v) is 2.35. The molecule has 4 nitrogen and oxygen atoms in total. The molecule has 4 heteroatoms. The number of rotatable bonds is 6. The number of ether oxygens (including phenoxy) is 3. The van der Waals surface area contributed by atoms with Crippen molar-refractivity contribution in [2.75, 3.05) is 19.8 Å². The highest BCUT2D eigenvalue weighted by Gasteiger charge is 2.26. The zero-order valence-corrected chi connectivity index (χ0v) is 10.0. The van der Waals surface area contributed by atoms with E-state index in [0.29, 0.717) is 19.8 Å². The molecule has 0 aromatic rings. The first-order chi connectivity index (χ1) is 7.62. The Morgan fingerprint density at radius 2 is 2.06 bits per heavy atom. The van der Waals surface area contributed by atoms with E-state index in [1.54, 1.807) is 0 Å². The van der Waals surface area contributed by atoms with Gasteiger partial charge in [-0.25, -0.2) is 0 Å². The summed E-state index contributed by atoms with van der Waals surface area (Å²) in [5.74, 6) is -0.744. The van der Waals surface area contributed by atoms with Crippen LogP contribution in [0.4, 0.5) is 0 Å². The molecule has 1 fully saturated rings. The highest BCUT2D eigenvalue weighted by Crippen LogP contribution is 2.20. The van der Waals surface area contributed by atoms with Gasteiger partial charge in [0.2, 0.25) is 0 Å². The lowest BCUT2D eigenvalue weighted by atomic mass is 10.2. The van der Waals surface area contributed by atoms with Crippen LogP contribution in [0, 0.1) is 0 Å². The van der Waals surface area contributed by atoms with Crippen LogP contribution in [0.5, 0.6) is 0 Å². The van der Waals surface area contributed by atoms with Gasteiger partial charge < -0.3 is 14.2 Å². The summed E-state index contributed by atoms with van der Waals surface area (Å²) in [7, 11) is 0. The molecular formula is C12H20O4. The first kappa shape index (κ1) is 13.2. The summed E-state index contributed by atoms with van der Waals surface area (Å²) in [6.07, 6.45) is 6.84. The Morgan fingerprint density at radius 3 is 2.69 bits per heavy atom. The third kappa shape index (κ3) is 5.28. The SMILES string of the molecule is CC(=O)OCCCC/C=C\C1(C)OCCO1. The summed E-state index contributed by atoms with van der Waals surface area (Å²) in [5, 5.41) is 0. The Balaban J connectivity index is 2.02. The number of hydrogen-bond donors (Lipinski definition) is 0. The van der Waals surface area contributed by atoms with Crippen molar-refractivity contribution in [2.24, 2.45) is 0 Å². The lowest BCUT2D eigenvalue weighted by Gasteiger charge is -2.16. The molecule has 0 radical (unpaired) electrons. The Hall–Kier alpha value is -0.870. The van der Waals surface area contributed by atoms with Crippen LogP contribution < -0.4 is 0 Å². The predicted molar refractivity (Wildman–Crippen MR) is 59.9 cm³/mol. The van der Waals surface area contributed by atoms with E-state index in [-0.39, 0.29) is 5.97 Å². The van der Waals surface area contributed by atoms with Gasteiger partial charge in [0.25, 0.3) is 0 Å². The van der Waals surface area contributed by atoms with Crippen LogP contribution >= 0.6 is 0 Å². The van der Waals surface area contributed by atoms with E-state index < -0.39 is 5.79 Å². The molecule has 1 aliphatic rings. The van der Waals surface area contributed by atoms with Gasteiger partial charge in [-0.3, -0.25) is 4.79 Å². The lowest BCUT2D eigenvalue weighted by Crippen LogP contribution is -2.21. The summed E-state index contributed by atoms with van der Waals surface area (Å²) in [6, 6.07) is 0. The highest BCUT2D eigenvalue weighted by atomic mass is 16.7. The van der Waals surface area contributed by atoms with Crippen molar-refractivity contribution in [1.82, 2.24) is 0 Å². The number of esters is 1. The second-order valence-electron chi connectivity index (χ2n) is 3.95. The Kier molecular flexibility index (Phi) is 5.49. The molecule has 1 saturated heterocycles. The quantitative estimate of drug-likeness (QED) is 0.396. The molecule has 0 aromatic heterocycles. The van der Waals surface area contributed by atoms with Gasteiger partial charge in [-0.05, 0) is 32.3 Å². The normalized spacial score (nSPS) is 19.1. The first-order valence-corrected chi connectivity index (χ1v) is 5.71. The summed E-state index contributed by atoms with van der Waals surface area (Å²) in [4.78, 5) is 10.5. The molecule has 0 aliphatic carbocycles. The van der Waals surface area contributed by atoms with Crippen LogP contribution in [0.2, 0.25) is 0 Å². The fourth-order valence-corrected chi connectivity index (χ4v) is 1.50. The largest absolute Gasteiger partial charge is 0.466 e. The standard InChI is InChI=1S/C12H20O4/c1-11(13)14-8-6-4-3-5-7-12(2)15-9-10-16-12/h5,7H,3-4,6,8-10H2,1-2H3/b7-5-. The molecule has 0 spiro atoms. The Labute approximate surface area is 96.6 Å². The van der Waals surface area contributed by atoms with Gasteiger partial charge in [0, 0.05) is 6.92 Å². The maximum Gasteiger partial charge on any atom is 0.302 e. The molecule has 0 atom stereocenters. The molecule has 1 heterocycles. The molecule has 1 aliphatic heterocycles. The molecule has 0 aromatic carbocycles. The van der Waals surface area contributed by atoms with Crippen molar-refractivity contribution in [1.29, 1.82) is 0 Å². The van der Waals surface area contributed by atoms with Gasteiger partial charge in [-0.15, -0.1) is 0 Å². The summed E-state index contributed by atoms with van der Waals surface area (Å²) in [5.41, 5.74) is 0. The molecule has 92 valence electrons. The second-order valence-corrected chi connectivity index (χ2v) is 3.95. The van der Waals surface area contributed by atoms with Gasteiger partial charge in [-0.1, -0.05) is 6.08 Å². The fourth-order valence-electron chi connectivity index (χ4n) is 1.50. The molecule has 0 unspecified atom stereocenters. The summed E-state index contributed by atoms with van der Waals surface area (Å²) >= 11 is 0. The van der Waals surface area contributed by atoms with E-state index in [1.165, 1.54) is 6.92 Å². The predicted octanol–water partition coefficient (Wildman–Crippen LogP) is 2.04. The average molecular weight is 228 g/mol. The summed E-state index contributed by atoms with van der Waals surface area (Å²) < 4.78 is 15.7. The first-order valence-electron chi connectivity index (χ1n) is 5.71. The number of carbonyl (C=O) groups is 1. The monoisotopic (exact) mass is 228 g/mol. The zero-order chi connectivity index (χ0) is 11.9. The third-order valence-electron chi connectivity index (χ3n) is 2.35. The molecular weight excluding hydrogens is 208 g/mol. The minimum Gasteiger partial charge on any atom is -0.466 e. The van der Waals surface area contributed by atoms with Crippen molar-refractivity contribution >= 4 is 5.97 Å². The Bertz CT molecular complexity index is 241. The minimum absolute atomic E-state index is 0.212. The van der Waals surface area contributed by atoms with Crippen LogP contribution in [0.25, 0.3) is 0 Å². The average Bonchev–Trinajstić information content (AvgIpc) is 2.64. The van der Waals surface area contributed by atoms with E-state index in [9.17, 15) is 4.79 Å². The van der Waals surface area contributed by atoms with Crippen molar-refractivity contribution in [2.45, 2.75) is 38.9 Å². The molecule has 0 N–H and O–H groups in total. The fraction of sp³-hybridized carbons (Fsp3) is 0.750. The van der Waals surface area contributed by atoms with Crippen molar-refractivity contribution in [3.8, 4) is 0 Å². The molecule has 0 saturated carbocycles. The van der Waals surface area contributed by atoms with Crippen molar-refractivity contribution in [3.63, 3.8) is 0 Å². The number of unbranched alkanes of at least 4 members (excludes halogenated alkanes) is 2. The van der Waals surface area contributed by atoms with Crippen molar-refractivity contribution < 1.29 is 19.0 Å². The maximum absolute atomic E-state index is 10.5. The van der Waals surface area contributed by atoms with Gasteiger partial charge in [0.15, 0.2) is 5.79 Å².